The van der Waals surface area contributed by atoms with Crippen molar-refractivity contribution in [3.63, 3.8) is 0 Å². The Balaban J connectivity index is 2.36. The van der Waals surface area contributed by atoms with Gasteiger partial charge in [0.2, 0.25) is 0 Å². The summed E-state index contributed by atoms with van der Waals surface area (Å²) in [4.78, 5) is 33.2. The molecule has 0 unspecified atom stereocenters. The van der Waals surface area contributed by atoms with Crippen LogP contribution in [-0.2, 0) is 6.54 Å². The number of aryl methyl sites for hydroxylation is 1. The van der Waals surface area contributed by atoms with Gasteiger partial charge in [0.05, 0.1) is 7.57 Å². The van der Waals surface area contributed by atoms with Crippen molar-refractivity contribution in [2.24, 2.45) is 0 Å². The molecule has 0 bridgehead atoms. The van der Waals surface area contributed by atoms with Gasteiger partial charge >= 0.3 is 5.69 Å². The smallest absolute Gasteiger partial charge is 0.330 e. The molecule has 0 spiro atoms. The minimum atomic E-state index is -0.459. The summed E-state index contributed by atoms with van der Waals surface area (Å²) in [5, 5.41) is 0. The maximum Gasteiger partial charge on any atom is 0.330 e. The van der Waals surface area contributed by atoms with Crippen LogP contribution in [-0.4, -0.2) is 19.5 Å². The standard InChI is InChI=1S/C11H8Br2N4O2S/c1-2-17-9-6(10(18)16-11(17)19)14-8(15-9)4-3-5(12)20-7(4)13/h3H,2H2,1H3,(H,14,15)(H,16,18,19). The Morgan fingerprint density at radius 1 is 1.35 bits per heavy atom. The number of nitrogens with one attached hydrogen (secondary N) is 2. The fraction of sp³-hybridized carbons (Fsp3) is 0.182. The fourth-order valence-corrected chi connectivity index (χ4v) is 4.77. The summed E-state index contributed by atoms with van der Waals surface area (Å²) in [6.07, 6.45) is 0. The fourth-order valence-electron chi connectivity index (χ4n) is 1.96. The lowest BCUT2D eigenvalue weighted by molar-refractivity contribution is 0.720. The topological polar surface area (TPSA) is 83.5 Å². The van der Waals surface area contributed by atoms with E-state index in [4.69, 9.17) is 0 Å². The van der Waals surface area contributed by atoms with Gasteiger partial charge in [-0.1, -0.05) is 0 Å². The van der Waals surface area contributed by atoms with Crippen LogP contribution in [0.5, 0.6) is 0 Å². The monoisotopic (exact) mass is 418 g/mol. The highest BCUT2D eigenvalue weighted by atomic mass is 79.9. The van der Waals surface area contributed by atoms with E-state index in [-0.39, 0.29) is 0 Å². The van der Waals surface area contributed by atoms with E-state index < -0.39 is 11.2 Å². The molecule has 104 valence electrons. The molecule has 6 nitrogen and oxygen atoms in total. The zero-order valence-corrected chi connectivity index (χ0v) is 14.1. The summed E-state index contributed by atoms with van der Waals surface area (Å²) in [7, 11) is 0. The summed E-state index contributed by atoms with van der Waals surface area (Å²) >= 11 is 8.37. The summed E-state index contributed by atoms with van der Waals surface area (Å²) < 4.78 is 3.26. The van der Waals surface area contributed by atoms with Gasteiger partial charge in [0.15, 0.2) is 5.65 Å². The first kappa shape index (κ1) is 13.8. The van der Waals surface area contributed by atoms with Gasteiger partial charge in [0.25, 0.3) is 5.56 Å². The molecule has 0 aromatic carbocycles. The predicted molar refractivity (Wildman–Crippen MR) is 85.4 cm³/mol. The lowest BCUT2D eigenvalue weighted by Gasteiger charge is -1.99. The van der Waals surface area contributed by atoms with Crippen LogP contribution in [0.1, 0.15) is 6.92 Å². The Morgan fingerprint density at radius 3 is 2.70 bits per heavy atom. The number of H-pyrrole nitrogens is 2. The molecule has 0 saturated carbocycles. The average Bonchev–Trinajstić information content (AvgIpc) is 2.93. The van der Waals surface area contributed by atoms with Crippen molar-refractivity contribution >= 4 is 54.4 Å². The van der Waals surface area contributed by atoms with E-state index >= 15 is 0 Å². The van der Waals surface area contributed by atoms with E-state index in [1.165, 1.54) is 15.9 Å². The van der Waals surface area contributed by atoms with Crippen molar-refractivity contribution in [1.29, 1.82) is 0 Å². The van der Waals surface area contributed by atoms with Crippen LogP contribution < -0.4 is 11.2 Å². The molecule has 0 atom stereocenters. The molecule has 0 radical (unpaired) electrons. The summed E-state index contributed by atoms with van der Waals surface area (Å²) in [5.41, 5.74) is 0.598. The highest BCUT2D eigenvalue weighted by molar-refractivity contribution is 9.12. The van der Waals surface area contributed by atoms with Gasteiger partial charge in [-0.15, -0.1) is 11.3 Å². The van der Waals surface area contributed by atoms with Gasteiger partial charge in [-0.05, 0) is 44.8 Å². The normalized spacial score (nSPS) is 11.3. The van der Waals surface area contributed by atoms with Crippen molar-refractivity contribution in [2.45, 2.75) is 13.5 Å². The highest BCUT2D eigenvalue weighted by Gasteiger charge is 2.16. The molecule has 3 rings (SSSR count). The molecule has 0 aliphatic rings. The van der Waals surface area contributed by atoms with Crippen LogP contribution in [0.2, 0.25) is 0 Å². The summed E-state index contributed by atoms with van der Waals surface area (Å²) in [6.45, 7) is 2.26. The molecular formula is C11H8Br2N4O2S. The van der Waals surface area contributed by atoms with Gasteiger partial charge < -0.3 is 4.98 Å². The van der Waals surface area contributed by atoms with Crippen LogP contribution >= 0.6 is 43.2 Å². The maximum atomic E-state index is 11.8. The largest absolute Gasteiger partial charge is 0.332 e. The second-order valence-electron chi connectivity index (χ2n) is 4.03. The second-order valence-corrected chi connectivity index (χ2v) is 7.77. The average molecular weight is 420 g/mol. The lowest BCUT2D eigenvalue weighted by atomic mass is 10.3. The quantitative estimate of drug-likeness (QED) is 0.669. The number of aromatic amines is 2. The first-order valence-corrected chi connectivity index (χ1v) is 8.09. The van der Waals surface area contributed by atoms with Gasteiger partial charge in [0.1, 0.15) is 11.3 Å². The van der Waals surface area contributed by atoms with Crippen LogP contribution in [0.25, 0.3) is 22.6 Å². The number of nitrogens with zero attached hydrogens (tertiary/aromatic N) is 2. The van der Waals surface area contributed by atoms with Gasteiger partial charge in [0, 0.05) is 12.1 Å². The number of aromatic nitrogens is 4. The number of thiophene rings is 1. The van der Waals surface area contributed by atoms with Crippen LogP contribution in [0, 0.1) is 0 Å². The molecule has 9 heteroatoms. The number of hydrogen-bond donors (Lipinski definition) is 2. The van der Waals surface area contributed by atoms with Gasteiger partial charge in [-0.25, -0.2) is 9.78 Å². The highest BCUT2D eigenvalue weighted by Crippen LogP contribution is 2.37. The third-order valence-electron chi connectivity index (χ3n) is 2.86. The second kappa shape index (κ2) is 4.97. The minimum Gasteiger partial charge on any atom is -0.332 e. The number of hydrogen-bond acceptors (Lipinski definition) is 4. The third kappa shape index (κ3) is 2.09. The third-order valence-corrected chi connectivity index (χ3v) is 5.20. The first-order chi connectivity index (χ1) is 9.51. The number of imidazole rings is 1. The molecule has 3 heterocycles. The molecule has 2 N–H and O–H groups in total. The predicted octanol–water partition coefficient (Wildman–Crippen LogP) is 2.69. The Morgan fingerprint density at radius 2 is 2.10 bits per heavy atom. The van der Waals surface area contributed by atoms with E-state index in [9.17, 15) is 9.59 Å². The summed E-state index contributed by atoms with van der Waals surface area (Å²) in [5.74, 6) is 0.548. The molecule has 3 aromatic rings. The van der Waals surface area contributed by atoms with Crippen LogP contribution in [0.15, 0.2) is 23.2 Å². The lowest BCUT2D eigenvalue weighted by Crippen LogP contribution is -2.29. The molecule has 3 aromatic heterocycles. The number of fused-ring (bicyclic) bond motifs is 1. The van der Waals surface area contributed by atoms with Gasteiger partial charge in [-0.3, -0.25) is 14.3 Å². The molecular weight excluding hydrogens is 412 g/mol. The van der Waals surface area contributed by atoms with Crippen molar-refractivity contribution in [2.75, 3.05) is 0 Å². The van der Waals surface area contributed by atoms with Crippen LogP contribution in [0.4, 0.5) is 0 Å². The Kier molecular flexibility index (Phi) is 3.43. The summed E-state index contributed by atoms with van der Waals surface area (Å²) in [6, 6.07) is 1.90. The van der Waals surface area contributed by atoms with E-state index in [1.807, 2.05) is 13.0 Å². The van der Waals surface area contributed by atoms with E-state index in [1.54, 1.807) is 0 Å². The van der Waals surface area contributed by atoms with E-state index in [2.05, 4.69) is 46.8 Å². The molecule has 0 saturated heterocycles. The van der Waals surface area contributed by atoms with Crippen molar-refractivity contribution in [3.8, 4) is 11.4 Å². The zero-order chi connectivity index (χ0) is 14.4. The molecule has 0 fully saturated rings. The Bertz CT molecular complexity index is 921. The first-order valence-electron chi connectivity index (χ1n) is 5.69. The molecule has 0 aliphatic carbocycles. The van der Waals surface area contributed by atoms with Gasteiger partial charge in [-0.2, -0.15) is 0 Å². The zero-order valence-electron chi connectivity index (χ0n) is 10.2. The molecule has 0 amide bonds. The molecule has 0 aliphatic heterocycles. The molecule has 20 heavy (non-hydrogen) atoms. The number of halogens is 2. The minimum absolute atomic E-state index is 0.302. The number of rotatable bonds is 2. The van der Waals surface area contributed by atoms with Crippen LogP contribution in [0.3, 0.4) is 0 Å². The Hall–Kier alpha value is -1.19. The van der Waals surface area contributed by atoms with Crippen molar-refractivity contribution in [3.05, 3.63) is 34.5 Å². The SMILES string of the molecule is CCn1c(=O)[nH]c(=O)c2[nH]c(-c3cc(Br)sc3Br)nc21. The van der Waals surface area contributed by atoms with Crippen molar-refractivity contribution in [1.82, 2.24) is 19.5 Å². The Labute approximate surface area is 133 Å². The van der Waals surface area contributed by atoms with E-state index in [0.717, 1.165) is 13.1 Å². The van der Waals surface area contributed by atoms with Crippen molar-refractivity contribution < 1.29 is 0 Å². The van der Waals surface area contributed by atoms with E-state index in [0.29, 0.717) is 23.5 Å². The maximum absolute atomic E-state index is 11.8.